The summed E-state index contributed by atoms with van der Waals surface area (Å²) in [6, 6.07) is 3.75. The molecule has 1 aromatic rings. The number of benzene rings is 1. The molecule has 0 unspecified atom stereocenters. The summed E-state index contributed by atoms with van der Waals surface area (Å²) in [5, 5.41) is 17.6. The van der Waals surface area contributed by atoms with Crippen LogP contribution in [0.5, 0.6) is 0 Å². The molecule has 0 aliphatic rings. The molecule has 0 aliphatic heterocycles. The fourth-order valence-corrected chi connectivity index (χ4v) is 2.96. The molecule has 2 N–H and O–H groups in total. The molecule has 4 nitrogen and oxygen atoms in total. The zero-order valence-corrected chi connectivity index (χ0v) is 10.6. The molecule has 19 heavy (non-hydrogen) atoms. The minimum absolute atomic E-state index is 0.193. The van der Waals surface area contributed by atoms with Gasteiger partial charge in [-0.15, -0.1) is 0 Å². The SMILES string of the molecule is O=S(=O)(Cc1ccc(C(F)(F)F)cc1)C[C@@H](O)CO. The van der Waals surface area contributed by atoms with Crippen LogP contribution in [0.25, 0.3) is 0 Å². The van der Waals surface area contributed by atoms with E-state index in [0.717, 1.165) is 24.3 Å². The Bertz CT molecular complexity index is 508. The van der Waals surface area contributed by atoms with E-state index < -0.39 is 45.8 Å². The summed E-state index contributed by atoms with van der Waals surface area (Å²) in [6.07, 6.45) is -5.86. The molecule has 0 heterocycles. The molecule has 1 atom stereocenters. The molecule has 1 rings (SSSR count). The van der Waals surface area contributed by atoms with Crippen molar-refractivity contribution in [2.75, 3.05) is 12.4 Å². The summed E-state index contributed by atoms with van der Waals surface area (Å²) >= 11 is 0. The van der Waals surface area contributed by atoms with Gasteiger partial charge in [-0.1, -0.05) is 12.1 Å². The zero-order valence-electron chi connectivity index (χ0n) is 9.76. The van der Waals surface area contributed by atoms with Crippen molar-refractivity contribution >= 4 is 9.84 Å². The third kappa shape index (κ3) is 5.17. The Morgan fingerprint density at radius 2 is 1.68 bits per heavy atom. The van der Waals surface area contributed by atoms with E-state index in [1.807, 2.05) is 0 Å². The molecule has 0 spiro atoms. The minimum atomic E-state index is -4.47. The van der Waals surface area contributed by atoms with Crippen LogP contribution < -0.4 is 0 Å². The first kappa shape index (κ1) is 15.9. The number of rotatable bonds is 5. The first-order chi connectivity index (χ1) is 8.64. The van der Waals surface area contributed by atoms with Crippen molar-refractivity contribution in [3.05, 3.63) is 35.4 Å². The van der Waals surface area contributed by atoms with Gasteiger partial charge in [-0.25, -0.2) is 8.42 Å². The normalized spacial score (nSPS) is 14.4. The molecule has 0 amide bonds. The van der Waals surface area contributed by atoms with E-state index in [2.05, 4.69) is 0 Å². The second-order valence-corrected chi connectivity index (χ2v) is 6.19. The van der Waals surface area contributed by atoms with Gasteiger partial charge >= 0.3 is 6.18 Å². The highest BCUT2D eigenvalue weighted by atomic mass is 32.2. The van der Waals surface area contributed by atoms with E-state index in [4.69, 9.17) is 10.2 Å². The predicted molar refractivity (Wildman–Crippen MR) is 62.0 cm³/mol. The van der Waals surface area contributed by atoms with Crippen LogP contribution in [0.1, 0.15) is 11.1 Å². The van der Waals surface area contributed by atoms with E-state index in [9.17, 15) is 21.6 Å². The van der Waals surface area contributed by atoms with Crippen LogP contribution >= 0.6 is 0 Å². The summed E-state index contributed by atoms with van der Waals surface area (Å²) in [6.45, 7) is -0.688. The zero-order chi connectivity index (χ0) is 14.7. The fraction of sp³-hybridized carbons (Fsp3) is 0.455. The summed E-state index contributed by atoms with van der Waals surface area (Å²) in [5.74, 6) is -1.12. The molecule has 0 saturated carbocycles. The van der Waals surface area contributed by atoms with Gasteiger partial charge in [0.15, 0.2) is 9.84 Å². The highest BCUT2D eigenvalue weighted by molar-refractivity contribution is 7.90. The molecule has 0 saturated heterocycles. The molecular weight excluding hydrogens is 285 g/mol. The van der Waals surface area contributed by atoms with Crippen LogP contribution in [0.2, 0.25) is 0 Å². The Labute approximate surface area is 108 Å². The maximum Gasteiger partial charge on any atom is 0.416 e. The van der Waals surface area contributed by atoms with Crippen LogP contribution in [0.3, 0.4) is 0 Å². The molecule has 0 fully saturated rings. The first-order valence-corrected chi connectivity index (χ1v) is 7.11. The number of hydrogen-bond donors (Lipinski definition) is 2. The summed E-state index contributed by atoms with van der Waals surface area (Å²) in [5.41, 5.74) is -0.665. The smallest absolute Gasteiger partial charge is 0.394 e. The summed E-state index contributed by atoms with van der Waals surface area (Å²) in [7, 11) is -3.69. The predicted octanol–water partition coefficient (Wildman–Crippen LogP) is 0.973. The lowest BCUT2D eigenvalue weighted by molar-refractivity contribution is -0.137. The molecule has 8 heteroatoms. The van der Waals surface area contributed by atoms with Crippen LogP contribution in [0, 0.1) is 0 Å². The van der Waals surface area contributed by atoms with Gasteiger partial charge in [0.2, 0.25) is 0 Å². The monoisotopic (exact) mass is 298 g/mol. The molecule has 108 valence electrons. The lowest BCUT2D eigenvalue weighted by Gasteiger charge is -2.10. The van der Waals surface area contributed by atoms with Crippen LogP contribution in [0.4, 0.5) is 13.2 Å². The third-order valence-electron chi connectivity index (χ3n) is 2.32. The number of aliphatic hydroxyl groups excluding tert-OH is 2. The first-order valence-electron chi connectivity index (χ1n) is 5.29. The number of alkyl halides is 3. The van der Waals surface area contributed by atoms with Crippen molar-refractivity contribution in [1.82, 2.24) is 0 Å². The standard InChI is InChI=1S/C11H13F3O4S/c12-11(13,14)9-3-1-8(2-4-9)6-19(17,18)7-10(16)5-15/h1-4,10,15-16H,5-7H2/t10-/m0/s1. The van der Waals surface area contributed by atoms with E-state index in [1.165, 1.54) is 0 Å². The van der Waals surface area contributed by atoms with Gasteiger partial charge in [0.1, 0.15) is 0 Å². The Morgan fingerprint density at radius 1 is 1.16 bits per heavy atom. The average Bonchev–Trinajstić information content (AvgIpc) is 2.27. The second kappa shape index (κ2) is 5.89. The Kier molecular flexibility index (Phi) is 4.94. The number of halogens is 3. The molecule has 0 radical (unpaired) electrons. The van der Waals surface area contributed by atoms with Gasteiger partial charge in [0, 0.05) is 0 Å². The van der Waals surface area contributed by atoms with Gasteiger partial charge in [-0.05, 0) is 17.7 Å². The van der Waals surface area contributed by atoms with Crippen LogP contribution in [-0.4, -0.2) is 37.1 Å². The maximum absolute atomic E-state index is 12.3. The van der Waals surface area contributed by atoms with Crippen molar-refractivity contribution in [2.24, 2.45) is 0 Å². The van der Waals surface area contributed by atoms with Crippen molar-refractivity contribution in [2.45, 2.75) is 18.0 Å². The van der Waals surface area contributed by atoms with Gasteiger partial charge in [-0.3, -0.25) is 0 Å². The summed E-state index contributed by atoms with van der Waals surface area (Å²) in [4.78, 5) is 0. The number of sulfone groups is 1. The van der Waals surface area contributed by atoms with E-state index in [-0.39, 0.29) is 5.56 Å². The highest BCUT2D eigenvalue weighted by Crippen LogP contribution is 2.29. The molecule has 0 aromatic heterocycles. The average molecular weight is 298 g/mol. The van der Waals surface area contributed by atoms with E-state index >= 15 is 0 Å². The third-order valence-corrected chi connectivity index (χ3v) is 3.99. The highest BCUT2D eigenvalue weighted by Gasteiger charge is 2.30. The molecule has 0 bridgehead atoms. The van der Waals surface area contributed by atoms with Gasteiger partial charge < -0.3 is 10.2 Å². The van der Waals surface area contributed by atoms with E-state index in [0.29, 0.717) is 0 Å². The quantitative estimate of drug-likeness (QED) is 0.849. The Hall–Kier alpha value is -1.12. The lowest BCUT2D eigenvalue weighted by atomic mass is 10.1. The van der Waals surface area contributed by atoms with Gasteiger partial charge in [0.05, 0.1) is 29.8 Å². The number of hydrogen-bond acceptors (Lipinski definition) is 4. The largest absolute Gasteiger partial charge is 0.416 e. The van der Waals surface area contributed by atoms with Crippen molar-refractivity contribution in [3.63, 3.8) is 0 Å². The van der Waals surface area contributed by atoms with Crippen molar-refractivity contribution < 1.29 is 31.8 Å². The summed E-state index contributed by atoms with van der Waals surface area (Å²) < 4.78 is 60.0. The van der Waals surface area contributed by atoms with Gasteiger partial charge in [0.25, 0.3) is 0 Å². The number of aliphatic hydroxyl groups is 2. The molecule has 1 aromatic carbocycles. The van der Waals surface area contributed by atoms with Crippen LogP contribution in [-0.2, 0) is 21.8 Å². The topological polar surface area (TPSA) is 74.6 Å². The second-order valence-electron chi connectivity index (χ2n) is 4.09. The molecular formula is C11H13F3O4S. The van der Waals surface area contributed by atoms with Crippen molar-refractivity contribution in [3.8, 4) is 0 Å². The molecule has 0 aliphatic carbocycles. The fourth-order valence-electron chi connectivity index (χ4n) is 1.45. The Morgan fingerprint density at radius 3 is 2.11 bits per heavy atom. The lowest BCUT2D eigenvalue weighted by Crippen LogP contribution is -2.25. The van der Waals surface area contributed by atoms with Gasteiger partial charge in [-0.2, -0.15) is 13.2 Å². The van der Waals surface area contributed by atoms with Crippen LogP contribution in [0.15, 0.2) is 24.3 Å². The van der Waals surface area contributed by atoms with E-state index in [1.54, 1.807) is 0 Å². The maximum atomic E-state index is 12.3. The van der Waals surface area contributed by atoms with Crippen molar-refractivity contribution in [1.29, 1.82) is 0 Å². The Balaban J connectivity index is 2.78. The minimum Gasteiger partial charge on any atom is -0.394 e.